The fourth-order valence-electron chi connectivity index (χ4n) is 1.57. The van der Waals surface area contributed by atoms with E-state index in [1.165, 1.54) is 12.1 Å². The van der Waals surface area contributed by atoms with E-state index >= 15 is 0 Å². The maximum absolute atomic E-state index is 11.4. The van der Waals surface area contributed by atoms with Gasteiger partial charge in [-0.2, -0.15) is 0 Å². The average Bonchev–Trinajstić information content (AvgIpc) is 2.27. The molecule has 0 aliphatic rings. The lowest BCUT2D eigenvalue weighted by atomic mass is 10.3. The summed E-state index contributed by atoms with van der Waals surface area (Å²) in [7, 11) is -6.75. The van der Waals surface area contributed by atoms with Gasteiger partial charge in [0, 0.05) is 17.5 Å². The minimum atomic E-state index is -3.70. The van der Waals surface area contributed by atoms with Crippen molar-refractivity contribution < 1.29 is 16.8 Å². The molecular weight excluding hydrogens is 288 g/mol. The van der Waals surface area contributed by atoms with Crippen LogP contribution in [0.3, 0.4) is 0 Å². The molecule has 1 aromatic rings. The summed E-state index contributed by atoms with van der Waals surface area (Å²) in [6, 6.07) is 5.59. The molecule has 0 saturated carbocycles. The van der Waals surface area contributed by atoms with Gasteiger partial charge in [-0.15, -0.1) is 0 Å². The van der Waals surface area contributed by atoms with Crippen LogP contribution < -0.4 is 10.5 Å². The number of sulfonamides is 1. The highest BCUT2D eigenvalue weighted by atomic mass is 32.2. The summed E-state index contributed by atoms with van der Waals surface area (Å²) in [6.45, 7) is 3.35. The zero-order valence-electron chi connectivity index (χ0n) is 10.8. The molecular formula is C11H18N2O4S2. The number of primary sulfonamides is 1. The average molecular weight is 306 g/mol. The third-order valence-electron chi connectivity index (χ3n) is 2.54. The van der Waals surface area contributed by atoms with Crippen LogP contribution in [0, 0.1) is 0 Å². The molecule has 0 aromatic heterocycles. The molecule has 0 heterocycles. The van der Waals surface area contributed by atoms with Gasteiger partial charge in [0.1, 0.15) is 0 Å². The van der Waals surface area contributed by atoms with E-state index in [4.69, 9.17) is 5.14 Å². The molecule has 0 aliphatic heterocycles. The molecule has 8 heteroatoms. The molecule has 19 heavy (non-hydrogen) atoms. The third-order valence-corrected chi connectivity index (χ3v) is 5.36. The lowest BCUT2D eigenvalue weighted by molar-refractivity contribution is 0.593. The number of hydrogen-bond donors (Lipinski definition) is 2. The van der Waals surface area contributed by atoms with Crippen molar-refractivity contribution in [2.45, 2.75) is 24.8 Å². The van der Waals surface area contributed by atoms with Crippen LogP contribution in [0.4, 0.5) is 5.69 Å². The van der Waals surface area contributed by atoms with Crippen LogP contribution in [-0.4, -0.2) is 34.4 Å². The highest BCUT2D eigenvalue weighted by Gasteiger charge is 2.14. The number of hydrogen-bond acceptors (Lipinski definition) is 5. The number of rotatable bonds is 6. The molecule has 0 radical (unpaired) electrons. The molecule has 0 spiro atoms. The molecule has 0 aliphatic carbocycles. The second kappa shape index (κ2) is 5.89. The molecule has 3 N–H and O–H groups in total. The number of nitrogens with two attached hydrogens (primary N) is 1. The Morgan fingerprint density at radius 1 is 1.16 bits per heavy atom. The van der Waals surface area contributed by atoms with Crippen molar-refractivity contribution in [2.75, 3.05) is 16.8 Å². The Labute approximate surface area is 114 Å². The maximum Gasteiger partial charge on any atom is 0.238 e. The summed E-state index contributed by atoms with van der Waals surface area (Å²) < 4.78 is 45.0. The monoisotopic (exact) mass is 306 g/mol. The molecule has 0 saturated heterocycles. The number of nitrogens with one attached hydrogen (secondary N) is 1. The highest BCUT2D eigenvalue weighted by Crippen LogP contribution is 2.14. The first kappa shape index (κ1) is 15.9. The quantitative estimate of drug-likeness (QED) is 0.799. The van der Waals surface area contributed by atoms with E-state index in [0.29, 0.717) is 5.69 Å². The van der Waals surface area contributed by atoms with Crippen molar-refractivity contribution in [3.05, 3.63) is 24.3 Å². The van der Waals surface area contributed by atoms with Gasteiger partial charge in [-0.25, -0.2) is 22.0 Å². The van der Waals surface area contributed by atoms with Crippen LogP contribution in [0.5, 0.6) is 0 Å². The second-order valence-corrected chi connectivity index (χ2v) is 8.27. The standard InChI is InChI=1S/C11H18N2O4S2/c1-3-18(14,15)8-9(2)13-10-4-6-11(7-5-10)19(12,16)17/h4-7,9,13H,3,8H2,1-2H3,(H2,12,16,17). The first-order chi connectivity index (χ1) is 8.64. The lowest BCUT2D eigenvalue weighted by Gasteiger charge is -2.15. The molecule has 0 amide bonds. The fourth-order valence-corrected chi connectivity index (χ4v) is 3.16. The molecule has 6 nitrogen and oxygen atoms in total. The van der Waals surface area contributed by atoms with Gasteiger partial charge in [-0.1, -0.05) is 6.92 Å². The predicted molar refractivity (Wildman–Crippen MR) is 75.2 cm³/mol. The Kier molecular flexibility index (Phi) is 4.94. The van der Waals surface area contributed by atoms with E-state index in [1.54, 1.807) is 26.0 Å². The lowest BCUT2D eigenvalue weighted by Crippen LogP contribution is -2.26. The molecule has 0 bridgehead atoms. The molecule has 1 atom stereocenters. The van der Waals surface area contributed by atoms with Crippen molar-refractivity contribution in [3.8, 4) is 0 Å². The maximum atomic E-state index is 11.4. The molecule has 1 unspecified atom stereocenters. The van der Waals surface area contributed by atoms with E-state index in [2.05, 4.69) is 5.32 Å². The van der Waals surface area contributed by atoms with Crippen molar-refractivity contribution in [1.29, 1.82) is 0 Å². The summed E-state index contributed by atoms with van der Waals surface area (Å²) >= 11 is 0. The molecule has 1 rings (SSSR count). The Bertz CT molecular complexity index is 621. The summed E-state index contributed by atoms with van der Waals surface area (Å²) in [5, 5.41) is 7.98. The largest absolute Gasteiger partial charge is 0.382 e. The number of anilines is 1. The molecule has 108 valence electrons. The molecule has 1 aromatic carbocycles. The van der Waals surface area contributed by atoms with Crippen molar-refractivity contribution in [2.24, 2.45) is 5.14 Å². The smallest absolute Gasteiger partial charge is 0.238 e. The zero-order chi connectivity index (χ0) is 14.7. The van der Waals surface area contributed by atoms with Gasteiger partial charge in [-0.05, 0) is 31.2 Å². The summed E-state index contributed by atoms with van der Waals surface area (Å²) in [5.41, 5.74) is 0.645. The Morgan fingerprint density at radius 3 is 2.11 bits per heavy atom. The van der Waals surface area contributed by atoms with E-state index < -0.39 is 19.9 Å². The van der Waals surface area contributed by atoms with Gasteiger partial charge in [0.2, 0.25) is 10.0 Å². The van der Waals surface area contributed by atoms with Crippen molar-refractivity contribution >= 4 is 25.5 Å². The van der Waals surface area contributed by atoms with Gasteiger partial charge in [0.25, 0.3) is 0 Å². The normalized spacial score (nSPS) is 14.1. The highest BCUT2D eigenvalue weighted by molar-refractivity contribution is 7.91. The summed E-state index contributed by atoms with van der Waals surface area (Å²) in [5.74, 6) is 0.129. The zero-order valence-corrected chi connectivity index (χ0v) is 12.5. The van der Waals surface area contributed by atoms with Gasteiger partial charge < -0.3 is 5.32 Å². The minimum absolute atomic E-state index is 0.0203. The first-order valence-electron chi connectivity index (χ1n) is 5.74. The van der Waals surface area contributed by atoms with Crippen LogP contribution in [0.25, 0.3) is 0 Å². The van der Waals surface area contributed by atoms with E-state index in [9.17, 15) is 16.8 Å². The van der Waals surface area contributed by atoms with E-state index in [1.807, 2.05) is 0 Å². The van der Waals surface area contributed by atoms with Crippen LogP contribution in [0.1, 0.15) is 13.8 Å². The predicted octanol–water partition coefficient (Wildman–Crippen LogP) is 0.569. The number of sulfone groups is 1. The van der Waals surface area contributed by atoms with Crippen LogP contribution in [0.2, 0.25) is 0 Å². The van der Waals surface area contributed by atoms with Crippen molar-refractivity contribution in [1.82, 2.24) is 0 Å². The summed E-state index contributed by atoms with van der Waals surface area (Å²) in [4.78, 5) is 0.0203. The first-order valence-corrected chi connectivity index (χ1v) is 9.10. The number of benzene rings is 1. The Morgan fingerprint density at radius 2 is 1.68 bits per heavy atom. The van der Waals surface area contributed by atoms with Gasteiger partial charge >= 0.3 is 0 Å². The minimum Gasteiger partial charge on any atom is -0.382 e. The van der Waals surface area contributed by atoms with Gasteiger partial charge in [0.05, 0.1) is 10.6 Å². The van der Waals surface area contributed by atoms with Gasteiger partial charge in [0.15, 0.2) is 9.84 Å². The van der Waals surface area contributed by atoms with E-state index in [-0.39, 0.29) is 22.4 Å². The second-order valence-electron chi connectivity index (χ2n) is 4.31. The van der Waals surface area contributed by atoms with Crippen LogP contribution in [-0.2, 0) is 19.9 Å². The third kappa shape index (κ3) is 5.17. The van der Waals surface area contributed by atoms with E-state index in [0.717, 1.165) is 0 Å². The summed E-state index contributed by atoms with van der Waals surface area (Å²) in [6.07, 6.45) is 0. The van der Waals surface area contributed by atoms with Gasteiger partial charge in [-0.3, -0.25) is 0 Å². The fraction of sp³-hybridized carbons (Fsp3) is 0.455. The Balaban J connectivity index is 2.74. The topological polar surface area (TPSA) is 106 Å². The van der Waals surface area contributed by atoms with Crippen LogP contribution in [0.15, 0.2) is 29.2 Å². The van der Waals surface area contributed by atoms with Crippen LogP contribution >= 0.6 is 0 Å². The Hall–Kier alpha value is -1.12. The molecule has 0 fully saturated rings. The van der Waals surface area contributed by atoms with Crippen molar-refractivity contribution in [3.63, 3.8) is 0 Å². The SMILES string of the molecule is CCS(=O)(=O)CC(C)Nc1ccc(S(N)(=O)=O)cc1.